The van der Waals surface area contributed by atoms with Gasteiger partial charge in [-0.05, 0) is 116 Å². The number of hydrogen-bond donors (Lipinski definition) is 12. The zero-order chi connectivity index (χ0) is 57.0. The lowest BCUT2D eigenvalue weighted by Gasteiger charge is -2.71. The summed E-state index contributed by atoms with van der Waals surface area (Å²) in [6.45, 7) is 14.7. The molecule has 446 valence electrons. The molecule has 8 fully saturated rings. The normalized spacial score (nSPS) is 53.1. The minimum atomic E-state index is -1.91. The third-order valence-electron chi connectivity index (χ3n) is 21.5. The van der Waals surface area contributed by atoms with Gasteiger partial charge in [0, 0.05) is 13.5 Å². The molecule has 4 heterocycles. The van der Waals surface area contributed by atoms with Crippen molar-refractivity contribution < 1.29 is 113 Å². The second-order valence-electron chi connectivity index (χ2n) is 26.3. The largest absolute Gasteiger partial charge is 0.463 e. The number of rotatable bonds is 12. The molecular weight excluding hydrogens is 1030 g/mol. The van der Waals surface area contributed by atoms with Crippen molar-refractivity contribution in [3.05, 3.63) is 11.6 Å². The van der Waals surface area contributed by atoms with Crippen molar-refractivity contribution in [1.29, 1.82) is 0 Å². The Balaban J connectivity index is 0.907. The van der Waals surface area contributed by atoms with E-state index in [4.69, 9.17) is 42.6 Å². The van der Waals surface area contributed by atoms with E-state index in [0.717, 1.165) is 38.2 Å². The molecule has 4 saturated heterocycles. The Hall–Kier alpha value is -2.08. The van der Waals surface area contributed by atoms with E-state index < -0.39 is 153 Å². The molecule has 28 unspecified atom stereocenters. The van der Waals surface area contributed by atoms with Gasteiger partial charge in [-0.25, -0.2) is 0 Å². The van der Waals surface area contributed by atoms with Crippen LogP contribution in [0.25, 0.3) is 0 Å². The summed E-state index contributed by atoms with van der Waals surface area (Å²) in [7, 11) is 0. The third kappa shape index (κ3) is 10.1. The van der Waals surface area contributed by atoms with Crippen molar-refractivity contribution in [3.63, 3.8) is 0 Å². The maximum atomic E-state index is 15.2. The number of carbonyl (C=O) groups excluding carboxylic acids is 2. The van der Waals surface area contributed by atoms with Gasteiger partial charge in [-0.3, -0.25) is 9.59 Å². The van der Waals surface area contributed by atoms with E-state index in [1.165, 1.54) is 6.92 Å². The van der Waals surface area contributed by atoms with Crippen LogP contribution in [0.15, 0.2) is 11.6 Å². The number of ether oxygens (including phenoxy) is 9. The highest BCUT2D eigenvalue weighted by atomic mass is 16.8. The molecule has 0 bridgehead atoms. The highest BCUT2D eigenvalue weighted by molar-refractivity contribution is 5.79. The van der Waals surface area contributed by atoms with Crippen molar-refractivity contribution >= 4 is 11.9 Å². The van der Waals surface area contributed by atoms with Crippen LogP contribution in [-0.2, 0) is 52.2 Å². The number of aliphatic hydroxyl groups is 12. The Morgan fingerprint density at radius 1 is 0.641 bits per heavy atom. The van der Waals surface area contributed by atoms with Crippen LogP contribution in [0, 0.1) is 50.2 Å². The van der Waals surface area contributed by atoms with Gasteiger partial charge in [0.2, 0.25) is 6.29 Å². The van der Waals surface area contributed by atoms with Crippen LogP contribution < -0.4 is 0 Å². The molecule has 4 aliphatic heterocycles. The van der Waals surface area contributed by atoms with Gasteiger partial charge >= 0.3 is 11.9 Å². The van der Waals surface area contributed by atoms with Crippen LogP contribution >= 0.6 is 0 Å². The van der Waals surface area contributed by atoms with E-state index in [1.54, 1.807) is 0 Å². The zero-order valence-corrected chi connectivity index (χ0v) is 46.1. The van der Waals surface area contributed by atoms with Crippen molar-refractivity contribution in [2.24, 2.45) is 50.2 Å². The van der Waals surface area contributed by atoms with Crippen LogP contribution in [0.5, 0.6) is 0 Å². The van der Waals surface area contributed by atoms with Gasteiger partial charge in [-0.1, -0.05) is 53.2 Å². The lowest BCUT2D eigenvalue weighted by atomic mass is 9.33. The summed E-state index contributed by atoms with van der Waals surface area (Å²) in [5, 5.41) is 130. The molecule has 0 radical (unpaired) electrons. The van der Waals surface area contributed by atoms with Crippen molar-refractivity contribution in [3.8, 4) is 0 Å². The molecule has 23 nitrogen and oxygen atoms in total. The lowest BCUT2D eigenvalue weighted by Crippen LogP contribution is -2.66. The van der Waals surface area contributed by atoms with Crippen molar-refractivity contribution in [1.82, 2.24) is 0 Å². The summed E-state index contributed by atoms with van der Waals surface area (Å²) in [4.78, 5) is 27.1. The van der Waals surface area contributed by atoms with Crippen molar-refractivity contribution in [2.75, 3.05) is 26.4 Å². The molecule has 9 aliphatic rings. The maximum absolute atomic E-state index is 15.2. The molecule has 0 spiro atoms. The molecule has 0 aromatic heterocycles. The van der Waals surface area contributed by atoms with Crippen LogP contribution in [0.2, 0.25) is 0 Å². The number of hydrogen-bond acceptors (Lipinski definition) is 23. The van der Waals surface area contributed by atoms with Gasteiger partial charge in [-0.2, -0.15) is 0 Å². The van der Waals surface area contributed by atoms with E-state index in [0.29, 0.717) is 38.5 Å². The smallest absolute Gasteiger partial charge is 0.315 e. The Kier molecular flexibility index (Phi) is 17.2. The lowest BCUT2D eigenvalue weighted by molar-refractivity contribution is -0.361. The summed E-state index contributed by atoms with van der Waals surface area (Å²) in [6, 6.07) is 0. The minimum Gasteiger partial charge on any atom is -0.463 e. The molecule has 23 heteroatoms. The van der Waals surface area contributed by atoms with Gasteiger partial charge in [0.15, 0.2) is 18.9 Å². The average Bonchev–Trinajstić information content (AvgIpc) is 3.31. The first kappa shape index (κ1) is 60.5. The Labute approximate surface area is 455 Å². The topological polar surface area (TPSA) is 360 Å². The zero-order valence-electron chi connectivity index (χ0n) is 46.1. The first-order valence-electron chi connectivity index (χ1n) is 28.1. The Morgan fingerprint density at radius 2 is 1.28 bits per heavy atom. The fourth-order valence-corrected chi connectivity index (χ4v) is 16.3. The van der Waals surface area contributed by atoms with E-state index in [2.05, 4.69) is 40.7 Å². The van der Waals surface area contributed by atoms with Crippen LogP contribution in [0.1, 0.15) is 120 Å². The quantitative estimate of drug-likeness (QED) is 0.0645. The number of fused-ring (bicyclic) bond motifs is 7. The summed E-state index contributed by atoms with van der Waals surface area (Å²) in [5.41, 5.74) is -1.55. The first-order valence-corrected chi connectivity index (χ1v) is 28.1. The van der Waals surface area contributed by atoms with Crippen LogP contribution in [0.3, 0.4) is 0 Å². The monoisotopic (exact) mass is 1120 g/mol. The third-order valence-corrected chi connectivity index (χ3v) is 21.5. The predicted molar refractivity (Wildman–Crippen MR) is 266 cm³/mol. The van der Waals surface area contributed by atoms with E-state index >= 15 is 4.79 Å². The second-order valence-corrected chi connectivity index (χ2v) is 26.3. The molecule has 0 aromatic carbocycles. The van der Waals surface area contributed by atoms with Gasteiger partial charge in [-0.15, -0.1) is 0 Å². The fourth-order valence-electron chi connectivity index (χ4n) is 16.3. The summed E-state index contributed by atoms with van der Waals surface area (Å²) in [5.74, 6) is -1.30. The molecule has 9 rings (SSSR count). The summed E-state index contributed by atoms with van der Waals surface area (Å²) < 4.78 is 52.6. The molecule has 12 N–H and O–H groups in total. The average molecular weight is 1120 g/mol. The molecule has 0 aromatic rings. The van der Waals surface area contributed by atoms with E-state index in [9.17, 15) is 66.1 Å². The SMILES string of the molecule is CC(=O)OCC1OC(OCC2OC(OC(=O)C34CCC(C)(CO)CC3C3=CCC5C6(C)CCC(OC7OCC(O)C(O)C7O)C(C)(C)C6CCC5(C)C3(C)CC4)C(O)C(O)C2O)C(O)C(O)C1OC1OC(C)C(O)C(O)C1O. The summed E-state index contributed by atoms with van der Waals surface area (Å²) in [6.07, 6.45) is -21.6. The van der Waals surface area contributed by atoms with Crippen LogP contribution in [0.4, 0.5) is 0 Å². The first-order chi connectivity index (χ1) is 36.5. The van der Waals surface area contributed by atoms with Gasteiger partial charge in [0.25, 0.3) is 0 Å². The van der Waals surface area contributed by atoms with Gasteiger partial charge in [0.1, 0.15) is 92.1 Å². The molecule has 5 aliphatic carbocycles. The van der Waals surface area contributed by atoms with E-state index in [1.807, 2.05) is 6.92 Å². The predicted octanol–water partition coefficient (Wildman–Crippen LogP) is -0.825. The number of carbonyl (C=O) groups is 2. The second kappa shape index (κ2) is 22.2. The summed E-state index contributed by atoms with van der Waals surface area (Å²) >= 11 is 0. The van der Waals surface area contributed by atoms with Crippen LogP contribution in [-0.4, -0.2) is 222 Å². The molecule has 78 heavy (non-hydrogen) atoms. The van der Waals surface area contributed by atoms with E-state index in [-0.39, 0.29) is 58.7 Å². The van der Waals surface area contributed by atoms with Gasteiger partial charge < -0.3 is 104 Å². The minimum absolute atomic E-state index is 0.101. The standard InChI is InChI=1S/C55H88O23/c1-24-34(59)37(62)41(66)47(73-24)77-44-30(22-70-25(2)57)75-45(43(68)39(44)64)72-21-29-36(61)38(63)42(67)48(74-29)78-49(69)55-17-15-51(5,23-56)19-27(55)26-9-10-32-52(6)13-12-33(76-46-40(65)35(60)28(58)20-71-46)50(3,4)31(52)11-14-54(32,8)53(26,7)16-18-55/h9,24,27-48,56,58-68H,10-23H2,1-8H3. The highest BCUT2D eigenvalue weighted by Gasteiger charge is 2.70. The number of aliphatic hydroxyl groups excluding tert-OH is 12. The molecule has 28 atom stereocenters. The fraction of sp³-hybridized carbons (Fsp3) is 0.927. The molecular formula is C55H88O23. The highest BCUT2D eigenvalue weighted by Crippen LogP contribution is 2.76. The van der Waals surface area contributed by atoms with Crippen molar-refractivity contribution in [2.45, 2.75) is 242 Å². The number of allylic oxidation sites excluding steroid dienone is 2. The maximum Gasteiger partial charge on any atom is 0.315 e. The Bertz CT molecular complexity index is 2180. The number of esters is 2. The molecule has 0 amide bonds. The van der Waals surface area contributed by atoms with Gasteiger partial charge in [0.05, 0.1) is 30.8 Å². The molecule has 4 saturated carbocycles. The Morgan fingerprint density at radius 3 is 1.97 bits per heavy atom.